The molecule has 1 aliphatic heterocycles. The highest BCUT2D eigenvalue weighted by atomic mass is 32.1. The number of hydrogen-bond acceptors (Lipinski definition) is 8. The first kappa shape index (κ1) is 22.8. The van der Waals surface area contributed by atoms with Crippen molar-refractivity contribution >= 4 is 39.3 Å². The minimum absolute atomic E-state index is 0.0295. The third-order valence-corrected chi connectivity index (χ3v) is 6.87. The Morgan fingerprint density at radius 3 is 2.54 bits per heavy atom. The van der Waals surface area contributed by atoms with Crippen LogP contribution in [0.3, 0.4) is 0 Å². The minimum Gasteiger partial charge on any atom is -0.494 e. The van der Waals surface area contributed by atoms with Gasteiger partial charge in [0.15, 0.2) is 10.6 Å². The van der Waals surface area contributed by atoms with Crippen LogP contribution in [0.25, 0.3) is 11.0 Å². The largest absolute Gasteiger partial charge is 0.494 e. The van der Waals surface area contributed by atoms with Gasteiger partial charge in [0, 0.05) is 0 Å². The molecule has 0 saturated heterocycles. The van der Waals surface area contributed by atoms with Crippen LogP contribution in [0.4, 0.5) is 5.13 Å². The Bertz CT molecular complexity index is 1500. The predicted molar refractivity (Wildman–Crippen MR) is 132 cm³/mol. The van der Waals surface area contributed by atoms with Crippen LogP contribution in [-0.4, -0.2) is 30.1 Å². The van der Waals surface area contributed by atoms with Crippen molar-refractivity contribution in [2.24, 2.45) is 0 Å². The van der Waals surface area contributed by atoms with Gasteiger partial charge < -0.3 is 13.9 Å². The van der Waals surface area contributed by atoms with Gasteiger partial charge >= 0.3 is 5.97 Å². The maximum absolute atomic E-state index is 13.7. The van der Waals surface area contributed by atoms with Crippen LogP contribution < -0.4 is 15.1 Å². The van der Waals surface area contributed by atoms with E-state index in [1.165, 1.54) is 4.90 Å². The van der Waals surface area contributed by atoms with Gasteiger partial charge in [0.05, 0.1) is 35.9 Å². The van der Waals surface area contributed by atoms with E-state index in [0.717, 1.165) is 11.3 Å². The summed E-state index contributed by atoms with van der Waals surface area (Å²) in [4.78, 5) is 45.9. The highest BCUT2D eigenvalue weighted by Crippen LogP contribution is 2.43. The van der Waals surface area contributed by atoms with E-state index in [2.05, 4.69) is 4.98 Å². The fraction of sp³-hybridized carbons (Fsp3) is 0.231. The SMILES string of the molecule is CCOC(=O)c1sc(N2C(=O)c3oc4ccccc4c(=O)c3[C@H]2c2ccc(OCC)cc2)nc1C. The number of benzene rings is 2. The maximum atomic E-state index is 13.7. The van der Waals surface area contributed by atoms with Crippen LogP contribution in [0.2, 0.25) is 0 Å². The highest BCUT2D eigenvalue weighted by molar-refractivity contribution is 7.17. The molecule has 0 radical (unpaired) electrons. The van der Waals surface area contributed by atoms with Gasteiger partial charge in [0.1, 0.15) is 16.2 Å². The number of carbonyl (C=O) groups excluding carboxylic acids is 2. The molecule has 3 heterocycles. The van der Waals surface area contributed by atoms with Crippen LogP contribution in [-0.2, 0) is 4.74 Å². The topological polar surface area (TPSA) is 98.9 Å². The number of aryl methyl sites for hydroxylation is 1. The number of nitrogens with zero attached hydrogens (tertiary/aromatic N) is 2. The number of carbonyl (C=O) groups is 2. The van der Waals surface area contributed by atoms with Crippen LogP contribution >= 0.6 is 11.3 Å². The number of esters is 1. The summed E-state index contributed by atoms with van der Waals surface area (Å²) >= 11 is 1.05. The summed E-state index contributed by atoms with van der Waals surface area (Å²) in [5.74, 6) is -0.355. The van der Waals surface area contributed by atoms with Crippen molar-refractivity contribution in [2.75, 3.05) is 18.1 Å². The van der Waals surface area contributed by atoms with Crippen molar-refractivity contribution in [1.29, 1.82) is 0 Å². The molecule has 35 heavy (non-hydrogen) atoms. The van der Waals surface area contributed by atoms with E-state index in [1.807, 2.05) is 19.1 Å². The lowest BCUT2D eigenvalue weighted by Gasteiger charge is -2.22. The standard InChI is InChI=1S/C26H22N2O6S/c1-4-32-16-12-10-15(11-13-16)20-19-21(29)17-8-6-7-9-18(17)34-22(19)24(30)28(20)26-27-14(3)23(35-26)25(31)33-5-2/h6-13,20H,4-5H2,1-3H3/t20-/m1/s1. The van der Waals surface area contributed by atoms with E-state index >= 15 is 0 Å². The van der Waals surface area contributed by atoms with Crippen LogP contribution in [0.15, 0.2) is 57.7 Å². The molecule has 5 rings (SSSR count). The molecule has 2 aromatic carbocycles. The number of para-hydroxylation sites is 1. The molecule has 0 spiro atoms. The molecule has 4 aromatic rings. The first-order valence-corrected chi connectivity index (χ1v) is 12.0. The maximum Gasteiger partial charge on any atom is 0.350 e. The Morgan fingerprint density at radius 1 is 1.09 bits per heavy atom. The van der Waals surface area contributed by atoms with Gasteiger partial charge in [0.25, 0.3) is 5.91 Å². The summed E-state index contributed by atoms with van der Waals surface area (Å²) in [5.41, 5.74) is 1.43. The second-order valence-electron chi connectivity index (χ2n) is 7.88. The number of aromatic nitrogens is 1. The molecular weight excluding hydrogens is 468 g/mol. The van der Waals surface area contributed by atoms with Gasteiger partial charge in [-0.05, 0) is 50.6 Å². The average molecular weight is 491 g/mol. The molecule has 1 aliphatic rings. The van der Waals surface area contributed by atoms with E-state index < -0.39 is 17.9 Å². The Kier molecular flexibility index (Phi) is 5.86. The average Bonchev–Trinajstić information content (AvgIpc) is 3.38. The summed E-state index contributed by atoms with van der Waals surface area (Å²) in [6.45, 7) is 6.03. The predicted octanol–water partition coefficient (Wildman–Crippen LogP) is 4.88. The molecule has 8 nitrogen and oxygen atoms in total. The second-order valence-corrected chi connectivity index (χ2v) is 8.86. The first-order valence-electron chi connectivity index (χ1n) is 11.2. The van der Waals surface area contributed by atoms with Gasteiger partial charge in [-0.15, -0.1) is 0 Å². The second kappa shape index (κ2) is 8.99. The third kappa shape index (κ3) is 3.77. The molecule has 0 N–H and O–H groups in total. The third-order valence-electron chi connectivity index (χ3n) is 5.74. The first-order chi connectivity index (χ1) is 16.9. The molecule has 2 aromatic heterocycles. The molecule has 1 atom stereocenters. The Hall–Kier alpha value is -3.98. The molecule has 0 unspecified atom stereocenters. The summed E-state index contributed by atoms with van der Waals surface area (Å²) in [6.07, 6.45) is 0. The van der Waals surface area contributed by atoms with E-state index in [-0.39, 0.29) is 28.5 Å². The van der Waals surface area contributed by atoms with Gasteiger partial charge in [0.2, 0.25) is 5.76 Å². The number of thiazole rings is 1. The Balaban J connectivity index is 1.71. The fourth-order valence-corrected chi connectivity index (χ4v) is 5.20. The Labute approximate surface area is 204 Å². The summed E-state index contributed by atoms with van der Waals surface area (Å²) in [6, 6.07) is 13.3. The molecule has 0 fully saturated rings. The van der Waals surface area contributed by atoms with Crippen LogP contribution in [0, 0.1) is 6.92 Å². The molecule has 9 heteroatoms. The minimum atomic E-state index is -0.783. The van der Waals surface area contributed by atoms with Crippen molar-refractivity contribution < 1.29 is 23.5 Å². The van der Waals surface area contributed by atoms with E-state index in [1.54, 1.807) is 50.2 Å². The summed E-state index contributed by atoms with van der Waals surface area (Å²) < 4.78 is 16.6. The molecule has 178 valence electrons. The van der Waals surface area contributed by atoms with Gasteiger partial charge in [-0.2, -0.15) is 0 Å². The molecule has 0 bridgehead atoms. The van der Waals surface area contributed by atoms with Crippen LogP contribution in [0.1, 0.15) is 56.9 Å². The number of amides is 1. The lowest BCUT2D eigenvalue weighted by molar-refractivity contribution is 0.0531. The smallest absolute Gasteiger partial charge is 0.350 e. The molecule has 0 saturated carbocycles. The van der Waals surface area contributed by atoms with Crippen molar-refractivity contribution in [2.45, 2.75) is 26.8 Å². The molecule has 1 amide bonds. The van der Waals surface area contributed by atoms with E-state index in [0.29, 0.717) is 39.5 Å². The van der Waals surface area contributed by atoms with Gasteiger partial charge in [-0.3, -0.25) is 14.5 Å². The van der Waals surface area contributed by atoms with Crippen molar-refractivity contribution in [1.82, 2.24) is 4.98 Å². The number of fused-ring (bicyclic) bond motifs is 2. The van der Waals surface area contributed by atoms with Crippen molar-refractivity contribution in [3.63, 3.8) is 0 Å². The Morgan fingerprint density at radius 2 is 1.83 bits per heavy atom. The molecular formula is C26H22N2O6S. The number of anilines is 1. The quantitative estimate of drug-likeness (QED) is 0.355. The zero-order chi connectivity index (χ0) is 24.7. The number of rotatable bonds is 6. The van der Waals surface area contributed by atoms with Crippen LogP contribution in [0.5, 0.6) is 5.75 Å². The summed E-state index contributed by atoms with van der Waals surface area (Å²) in [7, 11) is 0. The number of hydrogen-bond donors (Lipinski definition) is 0. The monoisotopic (exact) mass is 490 g/mol. The number of ether oxygens (including phenoxy) is 2. The normalized spacial score (nSPS) is 14.9. The van der Waals surface area contributed by atoms with Gasteiger partial charge in [-0.1, -0.05) is 35.6 Å². The van der Waals surface area contributed by atoms with E-state index in [9.17, 15) is 14.4 Å². The zero-order valence-corrected chi connectivity index (χ0v) is 20.2. The lowest BCUT2D eigenvalue weighted by Crippen LogP contribution is -2.29. The van der Waals surface area contributed by atoms with Crippen molar-refractivity contribution in [3.05, 3.63) is 86.2 Å². The fourth-order valence-electron chi connectivity index (χ4n) is 4.22. The summed E-state index contributed by atoms with van der Waals surface area (Å²) in [5, 5.41) is 0.670. The highest BCUT2D eigenvalue weighted by Gasteiger charge is 2.45. The molecule has 0 aliphatic carbocycles. The lowest BCUT2D eigenvalue weighted by atomic mass is 9.98. The zero-order valence-electron chi connectivity index (χ0n) is 19.4. The van der Waals surface area contributed by atoms with Gasteiger partial charge in [-0.25, -0.2) is 9.78 Å². The van der Waals surface area contributed by atoms with Crippen molar-refractivity contribution in [3.8, 4) is 5.75 Å². The van der Waals surface area contributed by atoms with E-state index in [4.69, 9.17) is 13.9 Å².